The Morgan fingerprint density at radius 2 is 2.16 bits per heavy atom. The largest absolute Gasteiger partial charge is 0.414 e. The highest BCUT2D eigenvalue weighted by Gasteiger charge is 2.38. The molecule has 1 aliphatic rings. The van der Waals surface area contributed by atoms with Crippen LogP contribution in [-0.2, 0) is 9.16 Å². The van der Waals surface area contributed by atoms with Crippen LogP contribution in [0.4, 0.5) is 5.95 Å². The van der Waals surface area contributed by atoms with Crippen LogP contribution >= 0.6 is 0 Å². The van der Waals surface area contributed by atoms with Crippen molar-refractivity contribution in [1.82, 2.24) is 19.5 Å². The van der Waals surface area contributed by atoms with Crippen molar-refractivity contribution in [2.24, 2.45) is 0 Å². The lowest BCUT2D eigenvalue weighted by molar-refractivity contribution is -0.0182. The van der Waals surface area contributed by atoms with E-state index in [1.165, 1.54) is 0 Å². The van der Waals surface area contributed by atoms with Crippen molar-refractivity contribution >= 4 is 25.4 Å². The molecule has 0 bridgehead atoms. The van der Waals surface area contributed by atoms with Gasteiger partial charge in [0, 0.05) is 0 Å². The summed E-state index contributed by atoms with van der Waals surface area (Å²) in [5, 5.41) is 0.175. The van der Waals surface area contributed by atoms with Crippen molar-refractivity contribution in [3.63, 3.8) is 0 Å². The van der Waals surface area contributed by atoms with Crippen molar-refractivity contribution < 1.29 is 9.16 Å². The molecule has 2 aromatic heterocycles. The number of aromatic amines is 1. The summed E-state index contributed by atoms with van der Waals surface area (Å²) in [5.41, 5.74) is 6.05. The Bertz CT molecular complexity index is 823. The number of aromatic nitrogens is 4. The molecule has 1 saturated heterocycles. The van der Waals surface area contributed by atoms with Crippen LogP contribution in [0.5, 0.6) is 0 Å². The van der Waals surface area contributed by atoms with Crippen molar-refractivity contribution in [2.45, 2.75) is 64.1 Å². The molecule has 3 heterocycles. The normalized spacial score (nSPS) is 22.0. The summed E-state index contributed by atoms with van der Waals surface area (Å²) in [6.07, 6.45) is 3.15. The maximum Gasteiger partial charge on any atom is 0.280 e. The van der Waals surface area contributed by atoms with E-state index in [9.17, 15) is 4.79 Å². The molecule has 0 aliphatic carbocycles. The van der Waals surface area contributed by atoms with Crippen LogP contribution in [0.3, 0.4) is 0 Å². The Balaban J connectivity index is 1.71. The third-order valence-corrected chi connectivity index (χ3v) is 9.78. The molecule has 0 radical (unpaired) electrons. The van der Waals surface area contributed by atoms with Crippen molar-refractivity contribution in [3.8, 4) is 0 Å². The molecule has 1 fully saturated rings. The number of H-pyrrole nitrogens is 1. The van der Waals surface area contributed by atoms with Gasteiger partial charge in [0.2, 0.25) is 5.95 Å². The Morgan fingerprint density at radius 3 is 2.84 bits per heavy atom. The number of nitrogen functional groups attached to an aromatic ring is 1. The van der Waals surface area contributed by atoms with Crippen molar-refractivity contribution in [3.05, 3.63) is 16.7 Å². The molecule has 8 nitrogen and oxygen atoms in total. The van der Waals surface area contributed by atoms with Crippen LogP contribution < -0.4 is 11.3 Å². The van der Waals surface area contributed by atoms with E-state index in [0.717, 1.165) is 12.8 Å². The summed E-state index contributed by atoms with van der Waals surface area (Å²) < 4.78 is 14.2. The number of fused-ring (bicyclic) bond motifs is 1. The number of nitrogens with one attached hydrogen (secondary N) is 1. The molecule has 0 saturated carbocycles. The van der Waals surface area contributed by atoms with E-state index in [-0.39, 0.29) is 34.4 Å². The number of ether oxygens (including phenoxy) is 1. The smallest absolute Gasteiger partial charge is 0.280 e. The number of hydrogen-bond donors (Lipinski definition) is 2. The molecule has 3 N–H and O–H groups in total. The fourth-order valence-corrected chi connectivity index (χ4v) is 3.72. The molecule has 1 aliphatic heterocycles. The Labute approximate surface area is 147 Å². The second kappa shape index (κ2) is 6.22. The lowest BCUT2D eigenvalue weighted by Gasteiger charge is -2.36. The molecule has 0 unspecified atom stereocenters. The average molecular weight is 366 g/mol. The predicted molar refractivity (Wildman–Crippen MR) is 98.9 cm³/mol. The van der Waals surface area contributed by atoms with Gasteiger partial charge in [-0.2, -0.15) is 4.98 Å². The molecular weight excluding hydrogens is 338 g/mol. The zero-order chi connectivity index (χ0) is 18.4. The number of hydrogen-bond acceptors (Lipinski definition) is 6. The summed E-state index contributed by atoms with van der Waals surface area (Å²) in [5.74, 6) is 0.0788. The van der Waals surface area contributed by atoms with Gasteiger partial charge in [0.1, 0.15) is 6.23 Å². The van der Waals surface area contributed by atoms with Gasteiger partial charge in [0.25, 0.3) is 5.56 Å². The molecule has 0 aromatic carbocycles. The van der Waals surface area contributed by atoms with Crippen LogP contribution in [0, 0.1) is 0 Å². The Morgan fingerprint density at radius 1 is 1.44 bits per heavy atom. The molecule has 0 spiro atoms. The van der Waals surface area contributed by atoms with Crippen LogP contribution in [-0.4, -0.2) is 40.5 Å². The van der Waals surface area contributed by atoms with Gasteiger partial charge in [-0.05, 0) is 31.0 Å². The summed E-state index contributed by atoms with van der Waals surface area (Å²) >= 11 is 0. The second-order valence-corrected chi connectivity index (χ2v) is 12.9. The number of nitrogens with zero attached hydrogens (tertiary/aromatic N) is 3. The average Bonchev–Trinajstić information content (AvgIpc) is 3.10. The van der Waals surface area contributed by atoms with Crippen LogP contribution in [0.15, 0.2) is 11.1 Å². The maximum absolute atomic E-state index is 11.9. The summed E-state index contributed by atoms with van der Waals surface area (Å²) in [6.45, 7) is 11.7. The number of rotatable bonds is 4. The number of nitrogens with two attached hydrogens (primary N) is 1. The highest BCUT2D eigenvalue weighted by Crippen LogP contribution is 2.38. The molecule has 25 heavy (non-hydrogen) atoms. The van der Waals surface area contributed by atoms with E-state index >= 15 is 0 Å². The molecule has 0 amide bonds. The molecule has 2 atom stereocenters. The zero-order valence-electron chi connectivity index (χ0n) is 15.5. The van der Waals surface area contributed by atoms with Crippen LogP contribution in [0.2, 0.25) is 18.1 Å². The lowest BCUT2D eigenvalue weighted by atomic mass is 10.2. The van der Waals surface area contributed by atoms with Gasteiger partial charge in [-0.15, -0.1) is 0 Å². The minimum atomic E-state index is -1.79. The van der Waals surface area contributed by atoms with Gasteiger partial charge in [0.15, 0.2) is 19.5 Å². The zero-order valence-corrected chi connectivity index (χ0v) is 16.5. The van der Waals surface area contributed by atoms with Gasteiger partial charge in [-0.25, -0.2) is 4.98 Å². The van der Waals surface area contributed by atoms with E-state index in [4.69, 9.17) is 14.9 Å². The summed E-state index contributed by atoms with van der Waals surface area (Å²) in [7, 11) is -1.79. The Hall–Kier alpha value is -1.71. The highest BCUT2D eigenvalue weighted by atomic mass is 28.4. The Kier molecular flexibility index (Phi) is 4.50. The topological polar surface area (TPSA) is 108 Å². The monoisotopic (exact) mass is 365 g/mol. The van der Waals surface area contributed by atoms with Gasteiger partial charge in [0.05, 0.1) is 19.0 Å². The summed E-state index contributed by atoms with van der Waals surface area (Å²) in [4.78, 5) is 22.7. The van der Waals surface area contributed by atoms with Crippen LogP contribution in [0.1, 0.15) is 39.8 Å². The maximum atomic E-state index is 11.9. The fourth-order valence-electron chi connectivity index (χ4n) is 2.69. The first-order valence-corrected chi connectivity index (χ1v) is 11.5. The standard InChI is InChI=1S/C16H27N5O3Si/c1-16(2,3)25(4,5)23-8-10-6-7-11(24-10)21-9-18-12-13(21)19-15(17)20-14(12)22/h9-11H,6-8H2,1-5H3,(H3,17,19,20,22)/t10-,11+/m0/s1. The minimum Gasteiger partial charge on any atom is -0.414 e. The van der Waals surface area contributed by atoms with Gasteiger partial charge in [-0.3, -0.25) is 14.3 Å². The van der Waals surface area contributed by atoms with E-state index in [1.807, 2.05) is 0 Å². The van der Waals surface area contributed by atoms with Crippen molar-refractivity contribution in [2.75, 3.05) is 12.3 Å². The van der Waals surface area contributed by atoms with E-state index in [2.05, 4.69) is 48.8 Å². The van der Waals surface area contributed by atoms with Crippen molar-refractivity contribution in [1.29, 1.82) is 0 Å². The van der Waals surface area contributed by atoms with E-state index < -0.39 is 8.32 Å². The molecule has 2 aromatic rings. The van der Waals surface area contributed by atoms with Gasteiger partial charge in [-0.1, -0.05) is 20.8 Å². The summed E-state index contributed by atoms with van der Waals surface area (Å²) in [6, 6.07) is 0. The highest BCUT2D eigenvalue weighted by molar-refractivity contribution is 6.74. The third-order valence-electron chi connectivity index (χ3n) is 5.28. The predicted octanol–water partition coefficient (Wildman–Crippen LogP) is 2.40. The number of imidazole rings is 1. The van der Waals surface area contributed by atoms with Crippen LogP contribution in [0.25, 0.3) is 11.2 Å². The third kappa shape index (κ3) is 3.49. The molecule has 3 rings (SSSR count). The molecule has 9 heteroatoms. The lowest BCUT2D eigenvalue weighted by Crippen LogP contribution is -2.42. The second-order valence-electron chi connectivity index (χ2n) is 8.14. The SMILES string of the molecule is CC(C)(C)[Si](C)(C)OC[C@@H]1CC[C@H](n2cnc3c(=O)[nH]c(N)nc32)O1. The first-order valence-electron chi connectivity index (χ1n) is 8.60. The van der Waals surface area contributed by atoms with Gasteiger partial charge >= 0.3 is 0 Å². The minimum absolute atomic E-state index is 0.0379. The molecule has 138 valence electrons. The number of anilines is 1. The van der Waals surface area contributed by atoms with Gasteiger partial charge < -0.3 is 14.9 Å². The fraction of sp³-hybridized carbons (Fsp3) is 0.688. The van der Waals surface area contributed by atoms with E-state index in [0.29, 0.717) is 12.3 Å². The first kappa shape index (κ1) is 18.1. The quantitative estimate of drug-likeness (QED) is 0.806. The van der Waals surface area contributed by atoms with E-state index in [1.54, 1.807) is 10.9 Å². The first-order chi connectivity index (χ1) is 11.6. The molecular formula is C16H27N5O3Si.